The first-order valence-corrected chi connectivity index (χ1v) is 42.4. The molecule has 2 aliphatic rings. The lowest BCUT2D eigenvalue weighted by atomic mass is 9.33. The van der Waals surface area contributed by atoms with Crippen LogP contribution in [0.5, 0.6) is 0 Å². The molecule has 4 heterocycles. The quantitative estimate of drug-likeness (QED) is 0.134. The van der Waals surface area contributed by atoms with Crippen molar-refractivity contribution in [2.24, 2.45) is 0 Å². The number of aromatic nitrogens is 2. The van der Waals surface area contributed by atoms with Crippen LogP contribution in [0.4, 0.5) is 34.1 Å². The van der Waals surface area contributed by atoms with Gasteiger partial charge in [0.15, 0.2) is 0 Å². The summed E-state index contributed by atoms with van der Waals surface area (Å²) in [6, 6.07) is 42.3. The lowest BCUT2D eigenvalue weighted by Crippen LogP contribution is -2.61. The van der Waals surface area contributed by atoms with Gasteiger partial charge in [0, 0.05) is 72.2 Å². The molecule has 0 N–H and O–H groups in total. The van der Waals surface area contributed by atoms with E-state index in [1.165, 1.54) is 4.57 Å². The Morgan fingerprint density at radius 2 is 0.603 bits per heavy atom. The fourth-order valence-corrected chi connectivity index (χ4v) is 18.3. The second kappa shape index (κ2) is 28.5. The molecule has 121 heavy (non-hydrogen) atoms. The van der Waals surface area contributed by atoms with E-state index in [0.717, 1.165) is 83.5 Å². The predicted octanol–water partition coefficient (Wildman–Crippen LogP) is 30.7. The summed E-state index contributed by atoms with van der Waals surface area (Å²) in [5.41, 5.74) is 14.0. The smallest absolute Gasteiger partial charge is 0.252 e. The van der Waals surface area contributed by atoms with E-state index in [9.17, 15) is 27.4 Å². The molecule has 2 aromatic heterocycles. The van der Waals surface area contributed by atoms with E-state index in [-0.39, 0.29) is 76.9 Å². The van der Waals surface area contributed by atoms with Gasteiger partial charge in [-0.3, -0.25) is 0 Å². The highest BCUT2D eigenvalue weighted by Crippen LogP contribution is 2.58. The number of anilines is 6. The van der Waals surface area contributed by atoms with Crippen LogP contribution >= 0.6 is 0 Å². The molecule has 5 heteroatoms. The van der Waals surface area contributed by atoms with Crippen molar-refractivity contribution in [3.63, 3.8) is 0 Å². The van der Waals surface area contributed by atoms with Gasteiger partial charge in [0.2, 0.25) is 0 Å². The highest BCUT2D eigenvalue weighted by Gasteiger charge is 2.48. The summed E-state index contributed by atoms with van der Waals surface area (Å²) in [5, 5.41) is -0.704. The van der Waals surface area contributed by atoms with Crippen molar-refractivity contribution in [2.45, 2.75) is 209 Å². The Kier molecular flexibility index (Phi) is 13.9. The lowest BCUT2D eigenvalue weighted by Gasteiger charge is -2.46. The molecule has 18 rings (SSSR count). The number of fused-ring (bicyclic) bond motifs is 10. The second-order valence-corrected chi connectivity index (χ2v) is 41.6. The first kappa shape index (κ1) is 59.1. The maximum atomic E-state index is 10.6. The predicted molar refractivity (Wildman–Crippen MR) is 526 cm³/mol. The fourth-order valence-electron chi connectivity index (χ4n) is 18.3. The molecular weight excluding hydrogens is 1460 g/mol. The van der Waals surface area contributed by atoms with E-state index < -0.39 is 166 Å². The number of hydrogen-bond acceptors (Lipinski definition) is 2. The second-order valence-electron chi connectivity index (χ2n) is 41.6. The van der Waals surface area contributed by atoms with Crippen LogP contribution in [0.3, 0.4) is 0 Å². The molecule has 0 aliphatic carbocycles. The minimum absolute atomic E-state index is 0.111. The Hall–Kier alpha value is -11.7. The van der Waals surface area contributed by atoms with E-state index >= 15 is 0 Å². The summed E-state index contributed by atoms with van der Waals surface area (Å²) in [4.78, 5) is 4.44. The Morgan fingerprint density at radius 3 is 1.09 bits per heavy atom. The van der Waals surface area contributed by atoms with Crippen molar-refractivity contribution in [3.05, 3.63) is 329 Å². The topological polar surface area (TPSA) is 16.3 Å². The summed E-state index contributed by atoms with van der Waals surface area (Å²) < 4.78 is 210. The van der Waals surface area contributed by atoms with Crippen molar-refractivity contribution in [3.8, 4) is 67.0 Å². The molecule has 0 saturated heterocycles. The van der Waals surface area contributed by atoms with Gasteiger partial charge in [-0.2, -0.15) is 0 Å². The zero-order valence-corrected chi connectivity index (χ0v) is 74.4. The van der Waals surface area contributed by atoms with Gasteiger partial charge in [-0.25, -0.2) is 0 Å². The molecule has 0 amide bonds. The Bertz CT molecular complexity index is 8000. The molecule has 0 fully saturated rings. The van der Waals surface area contributed by atoms with Gasteiger partial charge in [0.1, 0.15) is 0 Å². The molecular formula is C116H119BN4. The molecule has 0 radical (unpaired) electrons. The van der Waals surface area contributed by atoms with Crippen molar-refractivity contribution in [1.82, 2.24) is 9.13 Å². The number of hydrogen-bond donors (Lipinski definition) is 0. The molecule has 14 aromatic carbocycles. The molecule has 16 aromatic rings. The van der Waals surface area contributed by atoms with Crippen LogP contribution in [0.1, 0.15) is 239 Å². The van der Waals surface area contributed by atoms with Gasteiger partial charge in [-0.15, -0.1) is 0 Å². The SMILES string of the molecule is [2H]c1c([2H])c([2H])c(-c2ccc3c(c2)N(c2c(-c4ccccc4C(C)(C)C)cc(C(C)(C)C)cc2-c2ccc(C(C)(C)C)cc2C(C)(C)C)c2cc(-n4c5c([2H])c([2H])c([2H])c([2H])c5c5c([2H])c([2H])c([2H])c([2H])c54)cc4c2B3c2ccc(-n3c5c([2H])c([2H])c([2H])c([2H])c5c5c([2H])c([2H])c([2H])c([2H])c53)cc2N4c2c(-c3ccc(C(C)(C)C)cc3)cc(C(C)(C)C)cc2-c2cc(C(C)(C)C)ccc2C(C)(C)C)c([2H])c1[2H]. The normalized spacial score (nSPS) is 16.0. The fraction of sp³-hybridized carbons (Fsp3) is 0.276. The highest BCUT2D eigenvalue weighted by molar-refractivity contribution is 7.00. The van der Waals surface area contributed by atoms with E-state index in [0.29, 0.717) is 56.1 Å². The zero-order valence-electron chi connectivity index (χ0n) is 95.4. The summed E-state index contributed by atoms with van der Waals surface area (Å²) in [6.07, 6.45) is 0. The molecule has 2 aliphatic heterocycles. The molecule has 0 unspecified atom stereocenters. The highest BCUT2D eigenvalue weighted by atomic mass is 15.2. The largest absolute Gasteiger partial charge is 0.310 e. The summed E-state index contributed by atoms with van der Waals surface area (Å²) in [5.74, 6) is 0. The number of benzene rings is 14. The van der Waals surface area contributed by atoms with Gasteiger partial charge in [0.05, 0.1) is 67.9 Å². The summed E-state index contributed by atoms with van der Waals surface area (Å²) in [7, 11) is 0. The van der Waals surface area contributed by atoms with Crippen LogP contribution in [0.25, 0.3) is 111 Å². The maximum absolute atomic E-state index is 10.6. The van der Waals surface area contributed by atoms with E-state index in [4.69, 9.17) is 1.37 Å². The number of rotatable bonds is 9. The van der Waals surface area contributed by atoms with E-state index in [2.05, 4.69) is 273 Å². The molecule has 606 valence electrons. The van der Waals surface area contributed by atoms with Crippen LogP contribution in [0.15, 0.2) is 285 Å². The zero-order chi connectivity index (χ0) is 104. The van der Waals surface area contributed by atoms with Crippen molar-refractivity contribution in [2.75, 3.05) is 9.80 Å². The first-order valence-electron chi connectivity index (χ1n) is 52.9. The minimum atomic E-state index is -1.06. The van der Waals surface area contributed by atoms with Crippen LogP contribution in [-0.2, 0) is 43.3 Å². The van der Waals surface area contributed by atoms with Gasteiger partial charge < -0.3 is 18.9 Å². The average Bonchev–Trinajstić information content (AvgIpc) is 0.824. The third-order valence-electron chi connectivity index (χ3n) is 24.9. The van der Waals surface area contributed by atoms with Crippen molar-refractivity contribution in [1.29, 1.82) is 0 Å². The summed E-state index contributed by atoms with van der Waals surface area (Å²) in [6.45, 7) is 51.4. The van der Waals surface area contributed by atoms with Crippen LogP contribution in [0.2, 0.25) is 0 Å². The van der Waals surface area contributed by atoms with Crippen molar-refractivity contribution < 1.29 is 28.8 Å². The monoisotopic (exact) mass is 1600 g/mol. The van der Waals surface area contributed by atoms with Crippen LogP contribution in [0, 0.1) is 0 Å². The Labute approximate surface area is 750 Å². The molecule has 0 bridgehead atoms. The number of para-hydroxylation sites is 4. The van der Waals surface area contributed by atoms with Crippen LogP contribution < -0.4 is 26.2 Å². The molecule has 4 nitrogen and oxygen atoms in total. The molecule has 0 atom stereocenters. The summed E-state index contributed by atoms with van der Waals surface area (Å²) >= 11 is 0. The average molecular weight is 1600 g/mol. The Balaban J connectivity index is 1.19. The van der Waals surface area contributed by atoms with Crippen LogP contribution in [-0.4, -0.2) is 15.8 Å². The van der Waals surface area contributed by atoms with E-state index in [1.807, 2.05) is 54.6 Å². The van der Waals surface area contributed by atoms with Gasteiger partial charge in [-0.05, 0) is 216 Å². The van der Waals surface area contributed by atoms with Gasteiger partial charge in [-0.1, -0.05) is 372 Å². The minimum Gasteiger partial charge on any atom is -0.310 e. The van der Waals surface area contributed by atoms with Gasteiger partial charge >= 0.3 is 0 Å². The standard InChI is InChI=1S/C116H119BN4/c1-109(2,3)75-53-50-73(51-54-75)88-64-78(112(10,11)12)67-92(89-63-76(110(4,5)6)56-59-94(89)115(19,20)21)107(88)121-103-69-80(118-98-46-34-29-41-84(98)85-42-30-35-47-99(85)118)57-61-97(103)117-96-60-52-74(72-38-26-25-27-39-72)62-102(96)120(104-70-81(71-105(121)106(104)117)119-100-48-36-31-43-86(100)87-44-32-37-49-101(87)119)108-90(82-40-28-33-45-93(82)114(16,17)18)65-79(113(13,14)15)66-91(108)83-58-55-77(111(7,8)9)68-95(83)116(22,23)24/h25-71H,1-24H3/i25D,26D,27D,29D,30D,31D,32D,34D,35D,36D,37D,38D,39D,41D,42D,43D,44D,46D,47D,48D,49D. The first-order chi connectivity index (χ1) is 65.8. The molecule has 0 spiro atoms. The maximum Gasteiger partial charge on any atom is 0.252 e. The lowest BCUT2D eigenvalue weighted by molar-refractivity contribution is 0.569. The van der Waals surface area contributed by atoms with Gasteiger partial charge in [0.25, 0.3) is 6.71 Å². The number of nitrogens with zero attached hydrogens (tertiary/aromatic N) is 4. The third kappa shape index (κ3) is 13.9. The Morgan fingerprint density at radius 1 is 0.240 bits per heavy atom. The molecule has 0 saturated carbocycles. The van der Waals surface area contributed by atoms with E-state index in [1.54, 1.807) is 10.6 Å². The third-order valence-corrected chi connectivity index (χ3v) is 24.9. The van der Waals surface area contributed by atoms with Crippen molar-refractivity contribution >= 4 is 101 Å².